The Labute approximate surface area is 148 Å². The molecule has 4 nitrogen and oxygen atoms in total. The predicted molar refractivity (Wildman–Crippen MR) is 99.9 cm³/mol. The summed E-state index contributed by atoms with van der Waals surface area (Å²) in [5, 5.41) is 10.4. The molecule has 2 N–H and O–H groups in total. The number of rotatable bonds is 4. The summed E-state index contributed by atoms with van der Waals surface area (Å²) >= 11 is 0. The lowest BCUT2D eigenvalue weighted by molar-refractivity contribution is 0.339. The number of methoxy groups -OCH3 is 1. The number of nitrogens with zero attached hydrogens (tertiary/aromatic N) is 1. The summed E-state index contributed by atoms with van der Waals surface area (Å²) in [7, 11) is 1.76. The first-order valence-corrected chi connectivity index (χ1v) is 8.77. The molecule has 1 saturated heterocycles. The molecule has 0 aliphatic carbocycles. The Bertz CT molecular complexity index is 819. The van der Waals surface area contributed by atoms with Gasteiger partial charge >= 0.3 is 0 Å². The maximum absolute atomic E-state index is 5.69. The summed E-state index contributed by atoms with van der Waals surface area (Å²) in [6, 6.07) is 17.4. The number of nitrogens with one attached hydrogen (secondary N) is 2. The minimum atomic E-state index is -0.00716. The van der Waals surface area contributed by atoms with Gasteiger partial charge in [0, 0.05) is 22.7 Å². The molecule has 0 radical (unpaired) electrons. The minimum Gasteiger partial charge on any atom is -0.496 e. The Morgan fingerprint density at radius 1 is 0.960 bits per heavy atom. The second kappa shape index (κ2) is 6.73. The van der Waals surface area contributed by atoms with E-state index >= 15 is 0 Å². The van der Waals surface area contributed by atoms with Crippen LogP contribution in [0.4, 0.5) is 0 Å². The second-order valence-corrected chi connectivity index (χ2v) is 6.60. The van der Waals surface area contributed by atoms with Gasteiger partial charge in [-0.25, -0.2) is 0 Å². The van der Waals surface area contributed by atoms with Gasteiger partial charge in [0.15, 0.2) is 0 Å². The Balaban J connectivity index is 1.79. The van der Waals surface area contributed by atoms with E-state index in [0.29, 0.717) is 0 Å². The van der Waals surface area contributed by atoms with Crippen LogP contribution in [-0.4, -0.2) is 30.4 Å². The molecule has 0 amide bonds. The number of H-pyrrole nitrogens is 1. The topological polar surface area (TPSA) is 49.9 Å². The van der Waals surface area contributed by atoms with E-state index < -0.39 is 0 Å². The molecule has 0 spiro atoms. The highest BCUT2D eigenvalue weighted by Crippen LogP contribution is 2.44. The van der Waals surface area contributed by atoms with Crippen LogP contribution in [0.2, 0.25) is 0 Å². The van der Waals surface area contributed by atoms with Crippen LogP contribution in [0.25, 0.3) is 11.1 Å². The Morgan fingerprint density at radius 3 is 2.40 bits per heavy atom. The first kappa shape index (κ1) is 15.9. The third-order valence-electron chi connectivity index (χ3n) is 5.35. The Hall–Kier alpha value is -2.59. The molecule has 3 aromatic rings. The molecule has 0 atom stereocenters. The number of ether oxygens (including phenoxy) is 1. The maximum atomic E-state index is 5.69. The van der Waals surface area contributed by atoms with Crippen molar-refractivity contribution in [3.05, 3.63) is 72.1 Å². The summed E-state index contributed by atoms with van der Waals surface area (Å²) in [5.41, 5.74) is 4.93. The third kappa shape index (κ3) is 2.83. The number of benzene rings is 2. The Kier molecular flexibility index (Phi) is 4.28. The summed E-state index contributed by atoms with van der Waals surface area (Å²) < 4.78 is 5.69. The normalized spacial score (nSPS) is 16.5. The van der Waals surface area contributed by atoms with Gasteiger partial charge in [-0.3, -0.25) is 5.10 Å². The summed E-state index contributed by atoms with van der Waals surface area (Å²) in [6.07, 6.45) is 5.92. The van der Waals surface area contributed by atoms with Crippen molar-refractivity contribution in [1.29, 1.82) is 0 Å². The van der Waals surface area contributed by atoms with E-state index in [0.717, 1.165) is 37.2 Å². The molecule has 2 aromatic carbocycles. The van der Waals surface area contributed by atoms with Crippen LogP contribution in [0.15, 0.2) is 60.9 Å². The molecular weight excluding hydrogens is 310 g/mol. The van der Waals surface area contributed by atoms with Gasteiger partial charge in [-0.15, -0.1) is 0 Å². The SMILES string of the molecule is COc1ccccc1C1(c2ccc(-c3cn[nH]c3)cc2)CCNCC1. The fourth-order valence-electron chi connectivity index (χ4n) is 4.00. The second-order valence-electron chi connectivity index (χ2n) is 6.60. The smallest absolute Gasteiger partial charge is 0.122 e. The average Bonchev–Trinajstić information content (AvgIpc) is 3.23. The van der Waals surface area contributed by atoms with Gasteiger partial charge in [-0.1, -0.05) is 42.5 Å². The molecule has 25 heavy (non-hydrogen) atoms. The van der Waals surface area contributed by atoms with Crippen molar-refractivity contribution in [3.8, 4) is 16.9 Å². The monoisotopic (exact) mass is 333 g/mol. The van der Waals surface area contributed by atoms with Crippen LogP contribution in [0.1, 0.15) is 24.0 Å². The van der Waals surface area contributed by atoms with Gasteiger partial charge in [0.2, 0.25) is 0 Å². The zero-order chi connectivity index (χ0) is 17.1. The van der Waals surface area contributed by atoms with E-state index in [2.05, 4.69) is 58.0 Å². The summed E-state index contributed by atoms with van der Waals surface area (Å²) in [5.74, 6) is 0.975. The fraction of sp³-hybridized carbons (Fsp3) is 0.286. The van der Waals surface area contributed by atoms with Crippen molar-refractivity contribution in [2.24, 2.45) is 0 Å². The van der Waals surface area contributed by atoms with Crippen LogP contribution >= 0.6 is 0 Å². The van der Waals surface area contributed by atoms with Crippen molar-refractivity contribution in [1.82, 2.24) is 15.5 Å². The highest BCUT2D eigenvalue weighted by Gasteiger charge is 2.37. The molecule has 4 heteroatoms. The highest BCUT2D eigenvalue weighted by atomic mass is 16.5. The van der Waals surface area contributed by atoms with Crippen molar-refractivity contribution in [3.63, 3.8) is 0 Å². The molecule has 2 heterocycles. The molecular formula is C21H23N3O. The number of hydrogen-bond donors (Lipinski definition) is 2. The van der Waals surface area contributed by atoms with Gasteiger partial charge in [0.1, 0.15) is 5.75 Å². The standard InChI is InChI=1S/C21H23N3O/c1-25-20-5-3-2-4-19(20)21(10-12-22-13-11-21)18-8-6-16(7-9-18)17-14-23-24-15-17/h2-9,14-15,22H,10-13H2,1H3,(H,23,24). The van der Waals surface area contributed by atoms with Gasteiger partial charge in [0.25, 0.3) is 0 Å². The summed E-state index contributed by atoms with van der Waals surface area (Å²) in [4.78, 5) is 0. The zero-order valence-electron chi connectivity index (χ0n) is 14.5. The number of aromatic amines is 1. The molecule has 0 unspecified atom stereocenters. The molecule has 0 bridgehead atoms. The van der Waals surface area contributed by atoms with E-state index in [1.165, 1.54) is 16.7 Å². The van der Waals surface area contributed by atoms with E-state index in [1.807, 2.05) is 18.5 Å². The molecule has 0 saturated carbocycles. The van der Waals surface area contributed by atoms with Gasteiger partial charge in [0.05, 0.1) is 13.3 Å². The van der Waals surface area contributed by atoms with Crippen LogP contribution in [0.3, 0.4) is 0 Å². The predicted octanol–water partition coefficient (Wildman–Crippen LogP) is 3.75. The zero-order valence-corrected chi connectivity index (χ0v) is 14.5. The number of hydrogen-bond acceptors (Lipinski definition) is 3. The van der Waals surface area contributed by atoms with Gasteiger partial charge in [-0.2, -0.15) is 5.10 Å². The van der Waals surface area contributed by atoms with Crippen molar-refractivity contribution in [2.75, 3.05) is 20.2 Å². The van der Waals surface area contributed by atoms with E-state index in [-0.39, 0.29) is 5.41 Å². The molecule has 1 aliphatic heterocycles. The highest BCUT2D eigenvalue weighted by molar-refractivity contribution is 5.62. The quantitative estimate of drug-likeness (QED) is 0.764. The van der Waals surface area contributed by atoms with Crippen molar-refractivity contribution in [2.45, 2.75) is 18.3 Å². The molecule has 1 aromatic heterocycles. The van der Waals surface area contributed by atoms with Crippen molar-refractivity contribution >= 4 is 0 Å². The van der Waals surface area contributed by atoms with Crippen LogP contribution in [0, 0.1) is 0 Å². The van der Waals surface area contributed by atoms with E-state index in [1.54, 1.807) is 7.11 Å². The maximum Gasteiger partial charge on any atom is 0.122 e. The minimum absolute atomic E-state index is 0.00716. The lowest BCUT2D eigenvalue weighted by Crippen LogP contribution is -2.41. The van der Waals surface area contributed by atoms with Gasteiger partial charge in [-0.05, 0) is 43.1 Å². The first-order valence-electron chi connectivity index (χ1n) is 8.77. The lowest BCUT2D eigenvalue weighted by Gasteiger charge is -2.39. The number of para-hydroxylation sites is 1. The average molecular weight is 333 g/mol. The van der Waals surface area contributed by atoms with Crippen LogP contribution in [-0.2, 0) is 5.41 Å². The van der Waals surface area contributed by atoms with Crippen LogP contribution < -0.4 is 10.1 Å². The first-order chi connectivity index (χ1) is 12.3. The molecule has 128 valence electrons. The lowest BCUT2D eigenvalue weighted by atomic mass is 9.68. The molecule has 1 aliphatic rings. The third-order valence-corrected chi connectivity index (χ3v) is 5.35. The van der Waals surface area contributed by atoms with Crippen LogP contribution in [0.5, 0.6) is 5.75 Å². The Morgan fingerprint density at radius 2 is 1.72 bits per heavy atom. The van der Waals surface area contributed by atoms with Gasteiger partial charge < -0.3 is 10.1 Å². The largest absolute Gasteiger partial charge is 0.496 e. The summed E-state index contributed by atoms with van der Waals surface area (Å²) in [6.45, 7) is 2.03. The fourth-order valence-corrected chi connectivity index (χ4v) is 4.00. The molecule has 4 rings (SSSR count). The van der Waals surface area contributed by atoms with E-state index in [9.17, 15) is 0 Å². The number of piperidine rings is 1. The van der Waals surface area contributed by atoms with Crippen molar-refractivity contribution < 1.29 is 4.74 Å². The van der Waals surface area contributed by atoms with E-state index in [4.69, 9.17) is 4.74 Å². The number of aromatic nitrogens is 2. The molecule has 1 fully saturated rings.